The highest BCUT2D eigenvalue weighted by Crippen LogP contribution is 2.25. The second-order valence-electron chi connectivity index (χ2n) is 7.64. The van der Waals surface area contributed by atoms with Crippen LogP contribution in [0.1, 0.15) is 51.9 Å². The van der Waals surface area contributed by atoms with Gasteiger partial charge in [0, 0.05) is 13.1 Å². The van der Waals surface area contributed by atoms with Crippen molar-refractivity contribution in [2.45, 2.75) is 69.7 Å². The summed E-state index contributed by atoms with van der Waals surface area (Å²) in [5.41, 5.74) is -0.00840. The molecule has 0 bridgehead atoms. The highest BCUT2D eigenvalue weighted by Gasteiger charge is 2.33. The molecule has 0 radical (unpaired) electrons. The van der Waals surface area contributed by atoms with Gasteiger partial charge in [-0.05, 0) is 50.5 Å². The molecule has 4 nitrogen and oxygen atoms in total. The predicted molar refractivity (Wildman–Crippen MR) is 110 cm³/mol. The molecule has 2 N–H and O–H groups in total. The van der Waals surface area contributed by atoms with Gasteiger partial charge in [-0.15, -0.1) is 6.42 Å². The zero-order valence-corrected chi connectivity index (χ0v) is 16.4. The molecule has 1 fully saturated rings. The molecule has 27 heavy (non-hydrogen) atoms. The van der Waals surface area contributed by atoms with E-state index in [1.165, 1.54) is 38.5 Å². The Labute approximate surface area is 163 Å². The lowest BCUT2D eigenvalue weighted by molar-refractivity contribution is 0.0925. The number of allylic oxidation sites excluding steroid dienone is 1. The summed E-state index contributed by atoms with van der Waals surface area (Å²) in [4.78, 5) is 0. The van der Waals surface area contributed by atoms with E-state index in [-0.39, 0.29) is 17.9 Å². The van der Waals surface area contributed by atoms with E-state index < -0.39 is 0 Å². The molecule has 1 aliphatic carbocycles. The molecule has 1 saturated heterocycles. The minimum Gasteiger partial charge on any atom is -0.478 e. The van der Waals surface area contributed by atoms with E-state index in [9.17, 15) is 0 Å². The summed E-state index contributed by atoms with van der Waals surface area (Å²) in [6.45, 7) is 3.61. The number of hydrogen-bond acceptors (Lipinski definition) is 4. The van der Waals surface area contributed by atoms with E-state index in [0.29, 0.717) is 0 Å². The van der Waals surface area contributed by atoms with Crippen molar-refractivity contribution in [1.82, 2.24) is 10.6 Å². The van der Waals surface area contributed by atoms with Crippen molar-refractivity contribution in [3.05, 3.63) is 36.4 Å². The van der Waals surface area contributed by atoms with Crippen LogP contribution in [0.3, 0.4) is 0 Å². The maximum absolute atomic E-state index is 6.19. The van der Waals surface area contributed by atoms with Crippen LogP contribution in [0.2, 0.25) is 0 Å². The van der Waals surface area contributed by atoms with E-state index in [0.717, 1.165) is 31.0 Å². The number of nitrogens with one attached hydrogen (secondary N) is 2. The van der Waals surface area contributed by atoms with Crippen molar-refractivity contribution < 1.29 is 9.47 Å². The molecular weight excluding hydrogens is 336 g/mol. The van der Waals surface area contributed by atoms with Crippen molar-refractivity contribution >= 4 is 0 Å². The fraction of sp³-hybridized carbons (Fsp3) is 0.565. The van der Waals surface area contributed by atoms with Gasteiger partial charge in [0.25, 0.3) is 0 Å². The van der Waals surface area contributed by atoms with Gasteiger partial charge in [0.15, 0.2) is 12.3 Å². The predicted octanol–water partition coefficient (Wildman–Crippen LogP) is 4.02. The topological polar surface area (TPSA) is 42.5 Å². The number of terminal acetylenes is 1. The fourth-order valence-corrected chi connectivity index (χ4v) is 3.81. The first-order chi connectivity index (χ1) is 13.2. The number of piperazine rings is 1. The van der Waals surface area contributed by atoms with Crippen LogP contribution in [-0.2, 0) is 0 Å². The highest BCUT2D eigenvalue weighted by molar-refractivity contribution is 5.32. The summed E-state index contributed by atoms with van der Waals surface area (Å²) in [5, 5.41) is 7.32. The molecule has 0 saturated carbocycles. The normalized spacial score (nSPS) is 28.7. The van der Waals surface area contributed by atoms with Crippen LogP contribution in [0.15, 0.2) is 36.4 Å². The lowest BCUT2D eigenvalue weighted by Gasteiger charge is -2.41. The molecule has 0 amide bonds. The lowest BCUT2D eigenvalue weighted by atomic mass is 9.88. The van der Waals surface area contributed by atoms with Crippen molar-refractivity contribution in [3.8, 4) is 23.8 Å². The first-order valence-corrected chi connectivity index (χ1v) is 10.2. The average Bonchev–Trinajstić information content (AvgIpc) is 2.69. The second kappa shape index (κ2) is 9.82. The van der Waals surface area contributed by atoms with Crippen molar-refractivity contribution in [2.24, 2.45) is 0 Å². The Morgan fingerprint density at radius 2 is 1.85 bits per heavy atom. The van der Waals surface area contributed by atoms with Gasteiger partial charge < -0.3 is 14.8 Å². The molecule has 0 aromatic heterocycles. The number of hydrogen-bond donors (Lipinski definition) is 2. The maximum atomic E-state index is 6.19. The molecule has 3 rings (SSSR count). The molecule has 1 aromatic rings. The Kier molecular flexibility index (Phi) is 7.20. The Bertz CT molecular complexity index is 649. The van der Waals surface area contributed by atoms with E-state index in [1.807, 2.05) is 31.2 Å². The third kappa shape index (κ3) is 6.02. The number of rotatable bonds is 4. The number of benzene rings is 1. The molecule has 4 heteroatoms. The van der Waals surface area contributed by atoms with E-state index in [4.69, 9.17) is 15.9 Å². The average molecular weight is 369 g/mol. The first kappa shape index (κ1) is 19.8. The molecule has 1 spiro atoms. The molecule has 3 atom stereocenters. The molecular formula is C23H32N2O2. The Morgan fingerprint density at radius 3 is 2.67 bits per heavy atom. The van der Waals surface area contributed by atoms with E-state index >= 15 is 0 Å². The Balaban J connectivity index is 1.61. The minimum atomic E-state index is -0.236. The fourth-order valence-electron chi connectivity index (χ4n) is 3.81. The van der Waals surface area contributed by atoms with Crippen LogP contribution in [0.5, 0.6) is 11.5 Å². The Morgan fingerprint density at radius 1 is 1.11 bits per heavy atom. The summed E-state index contributed by atoms with van der Waals surface area (Å²) in [5.74, 6) is 4.15. The van der Waals surface area contributed by atoms with E-state index in [2.05, 4.69) is 28.7 Å². The largest absolute Gasteiger partial charge is 0.478 e. The standard InChI is InChI=1S/C23H32N2O2/c1-3-19(2)26-20-11-13-21(14-12-20)27-22-17-24-18-23(25-22)15-9-7-5-4-6-8-10-16-23/h1,9,11-15,19,22,24-25H,4-8,10,16-18H2,2H3/b15-9-. The summed E-state index contributed by atoms with van der Waals surface area (Å²) < 4.78 is 11.8. The molecule has 1 heterocycles. The molecule has 1 aliphatic heterocycles. The molecule has 3 unspecified atom stereocenters. The van der Waals surface area contributed by atoms with Gasteiger partial charge in [0.2, 0.25) is 0 Å². The van der Waals surface area contributed by atoms with Crippen molar-refractivity contribution in [1.29, 1.82) is 0 Å². The van der Waals surface area contributed by atoms with Gasteiger partial charge in [0.05, 0.1) is 5.54 Å². The SMILES string of the molecule is C#CC(C)Oc1ccc(OC2CNCC3(/C=C\CCCCCCC3)N2)cc1. The van der Waals surface area contributed by atoms with Crippen LogP contribution in [-0.4, -0.2) is 31.0 Å². The van der Waals surface area contributed by atoms with Gasteiger partial charge in [-0.25, -0.2) is 0 Å². The summed E-state index contributed by atoms with van der Waals surface area (Å²) in [6, 6.07) is 7.67. The van der Waals surface area contributed by atoms with Crippen LogP contribution in [0.25, 0.3) is 0 Å². The molecule has 146 valence electrons. The summed E-state index contributed by atoms with van der Waals surface area (Å²) in [7, 11) is 0. The van der Waals surface area contributed by atoms with Gasteiger partial charge in [-0.3, -0.25) is 5.32 Å². The van der Waals surface area contributed by atoms with Crippen molar-refractivity contribution in [3.63, 3.8) is 0 Å². The molecule has 2 aliphatic rings. The third-order valence-electron chi connectivity index (χ3n) is 5.30. The number of ether oxygens (including phenoxy) is 2. The van der Waals surface area contributed by atoms with Gasteiger partial charge in [-0.2, -0.15) is 0 Å². The monoisotopic (exact) mass is 368 g/mol. The van der Waals surface area contributed by atoms with Crippen LogP contribution in [0.4, 0.5) is 0 Å². The zero-order valence-electron chi connectivity index (χ0n) is 16.4. The second-order valence-corrected chi connectivity index (χ2v) is 7.64. The van der Waals surface area contributed by atoms with E-state index in [1.54, 1.807) is 0 Å². The first-order valence-electron chi connectivity index (χ1n) is 10.2. The van der Waals surface area contributed by atoms with Crippen LogP contribution < -0.4 is 20.1 Å². The van der Waals surface area contributed by atoms with Gasteiger partial charge in [0.1, 0.15) is 11.5 Å². The van der Waals surface area contributed by atoms with Gasteiger partial charge in [-0.1, -0.05) is 43.8 Å². The zero-order chi connectivity index (χ0) is 19.0. The Hall–Kier alpha value is -1.96. The van der Waals surface area contributed by atoms with Gasteiger partial charge >= 0.3 is 0 Å². The quantitative estimate of drug-likeness (QED) is 0.622. The smallest absolute Gasteiger partial charge is 0.163 e. The van der Waals surface area contributed by atoms with Crippen molar-refractivity contribution in [2.75, 3.05) is 13.1 Å². The lowest BCUT2D eigenvalue weighted by Crippen LogP contribution is -2.64. The molecule has 1 aromatic carbocycles. The maximum Gasteiger partial charge on any atom is 0.163 e. The third-order valence-corrected chi connectivity index (χ3v) is 5.30. The summed E-state index contributed by atoms with van der Waals surface area (Å²) >= 11 is 0. The van der Waals surface area contributed by atoms with Crippen LogP contribution in [0, 0.1) is 12.3 Å². The van der Waals surface area contributed by atoms with Crippen LogP contribution >= 0.6 is 0 Å². The summed E-state index contributed by atoms with van der Waals surface area (Å²) in [6.07, 6.45) is 18.7. The highest BCUT2D eigenvalue weighted by atomic mass is 16.5. The minimum absolute atomic E-state index is 0.00840.